The van der Waals surface area contributed by atoms with Crippen LogP contribution in [0.1, 0.15) is 18.4 Å². The first kappa shape index (κ1) is 12.0. The highest BCUT2D eigenvalue weighted by Crippen LogP contribution is 2.33. The highest BCUT2D eigenvalue weighted by Gasteiger charge is 2.41. The topological polar surface area (TPSA) is 47.7 Å². The van der Waals surface area contributed by atoms with Crippen LogP contribution in [0.25, 0.3) is 0 Å². The van der Waals surface area contributed by atoms with Crippen LogP contribution >= 0.6 is 0 Å². The van der Waals surface area contributed by atoms with E-state index in [0.717, 1.165) is 25.9 Å². The Morgan fingerprint density at radius 3 is 2.78 bits per heavy atom. The molecular weight excluding hydrogens is 228 g/mol. The summed E-state index contributed by atoms with van der Waals surface area (Å²) in [5.41, 5.74) is 8.22. The molecule has 2 aliphatic rings. The van der Waals surface area contributed by atoms with Gasteiger partial charge in [0.2, 0.25) is 0 Å². The molecule has 0 bridgehead atoms. The van der Waals surface area contributed by atoms with E-state index in [1.54, 1.807) is 0 Å². The summed E-state index contributed by atoms with van der Waals surface area (Å²) in [6, 6.07) is 8.32. The summed E-state index contributed by atoms with van der Waals surface area (Å²) in [5.74, 6) is -0.375. The van der Waals surface area contributed by atoms with Gasteiger partial charge in [-0.05, 0) is 18.1 Å². The Hall–Kier alpha value is -1.10. The lowest BCUT2D eigenvalue weighted by molar-refractivity contribution is -0.161. The predicted molar refractivity (Wildman–Crippen MR) is 70.4 cm³/mol. The molecule has 18 heavy (non-hydrogen) atoms. The molecule has 4 nitrogen and oxygen atoms in total. The molecule has 98 valence electrons. The standard InChI is InChI=1S/C14H20N2O2/c15-10-12-4-1-2-5-13(12)16-7-3-6-14(11-16)17-8-9-18-14/h1-2,4-5H,3,6-11,15H2. The first-order valence-corrected chi connectivity index (χ1v) is 6.64. The lowest BCUT2D eigenvalue weighted by Crippen LogP contribution is -2.49. The molecule has 4 heteroatoms. The number of anilines is 1. The van der Waals surface area contributed by atoms with Crippen LogP contribution in [-0.2, 0) is 16.0 Å². The first-order chi connectivity index (χ1) is 8.83. The summed E-state index contributed by atoms with van der Waals surface area (Å²) in [4.78, 5) is 2.34. The number of benzene rings is 1. The van der Waals surface area contributed by atoms with Crippen molar-refractivity contribution >= 4 is 5.69 Å². The second-order valence-corrected chi connectivity index (χ2v) is 4.97. The van der Waals surface area contributed by atoms with Gasteiger partial charge >= 0.3 is 0 Å². The van der Waals surface area contributed by atoms with E-state index in [-0.39, 0.29) is 5.79 Å². The lowest BCUT2D eigenvalue weighted by atomic mass is 10.0. The number of rotatable bonds is 2. The van der Waals surface area contributed by atoms with Gasteiger partial charge in [-0.25, -0.2) is 0 Å². The van der Waals surface area contributed by atoms with E-state index in [1.165, 1.54) is 11.3 Å². The average Bonchev–Trinajstić information content (AvgIpc) is 2.86. The van der Waals surface area contributed by atoms with Crippen molar-refractivity contribution in [1.29, 1.82) is 0 Å². The average molecular weight is 248 g/mol. The predicted octanol–water partition coefficient (Wildman–Crippen LogP) is 1.49. The lowest BCUT2D eigenvalue weighted by Gasteiger charge is -2.40. The Kier molecular flexibility index (Phi) is 3.24. The molecule has 0 aromatic heterocycles. The molecule has 0 radical (unpaired) electrons. The molecule has 0 atom stereocenters. The molecule has 0 saturated carbocycles. The summed E-state index contributed by atoms with van der Waals surface area (Å²) < 4.78 is 11.6. The maximum atomic E-state index is 5.81. The Morgan fingerprint density at radius 2 is 2.00 bits per heavy atom. The number of hydrogen-bond donors (Lipinski definition) is 1. The Morgan fingerprint density at radius 1 is 1.22 bits per heavy atom. The van der Waals surface area contributed by atoms with Gasteiger partial charge in [0.1, 0.15) is 0 Å². The Bertz CT molecular complexity index is 416. The van der Waals surface area contributed by atoms with Crippen LogP contribution in [0.2, 0.25) is 0 Å². The molecule has 2 heterocycles. The smallest absolute Gasteiger partial charge is 0.186 e. The highest BCUT2D eigenvalue weighted by molar-refractivity contribution is 5.54. The van der Waals surface area contributed by atoms with Gasteiger partial charge in [-0.1, -0.05) is 18.2 Å². The van der Waals surface area contributed by atoms with Crippen molar-refractivity contribution in [2.45, 2.75) is 25.2 Å². The van der Waals surface area contributed by atoms with Crippen LogP contribution in [0.3, 0.4) is 0 Å². The van der Waals surface area contributed by atoms with Crippen LogP contribution in [0.5, 0.6) is 0 Å². The summed E-state index contributed by atoms with van der Waals surface area (Å²) in [7, 11) is 0. The largest absolute Gasteiger partial charge is 0.366 e. The fourth-order valence-electron chi connectivity index (χ4n) is 2.92. The van der Waals surface area contributed by atoms with Gasteiger partial charge in [-0.15, -0.1) is 0 Å². The number of piperidine rings is 1. The first-order valence-electron chi connectivity index (χ1n) is 6.64. The van der Waals surface area contributed by atoms with Crippen LogP contribution in [-0.4, -0.2) is 32.1 Å². The summed E-state index contributed by atoms with van der Waals surface area (Å²) >= 11 is 0. The molecule has 2 fully saturated rings. The highest BCUT2D eigenvalue weighted by atomic mass is 16.7. The van der Waals surface area contributed by atoms with E-state index in [4.69, 9.17) is 15.2 Å². The molecule has 3 rings (SSSR count). The van der Waals surface area contributed by atoms with Crippen molar-refractivity contribution in [2.24, 2.45) is 5.73 Å². The van der Waals surface area contributed by atoms with Crippen molar-refractivity contribution in [3.8, 4) is 0 Å². The molecule has 1 aromatic carbocycles. The van der Waals surface area contributed by atoms with Crippen LogP contribution in [0, 0.1) is 0 Å². The molecule has 2 saturated heterocycles. The van der Waals surface area contributed by atoms with Gasteiger partial charge in [-0.3, -0.25) is 0 Å². The van der Waals surface area contributed by atoms with Gasteiger partial charge in [0.15, 0.2) is 5.79 Å². The SMILES string of the molecule is NCc1ccccc1N1CCCC2(C1)OCCO2. The van der Waals surface area contributed by atoms with Crippen LogP contribution in [0.4, 0.5) is 5.69 Å². The number of nitrogens with two attached hydrogens (primary N) is 1. The summed E-state index contributed by atoms with van der Waals surface area (Å²) in [6.45, 7) is 3.86. The number of hydrogen-bond acceptors (Lipinski definition) is 4. The minimum atomic E-state index is -0.375. The maximum Gasteiger partial charge on any atom is 0.186 e. The third kappa shape index (κ3) is 2.11. The molecule has 2 N–H and O–H groups in total. The molecule has 0 unspecified atom stereocenters. The quantitative estimate of drug-likeness (QED) is 0.861. The summed E-state index contributed by atoms with van der Waals surface area (Å²) in [5, 5.41) is 0. The molecule has 1 aromatic rings. The maximum absolute atomic E-state index is 5.81. The molecule has 2 aliphatic heterocycles. The zero-order chi connectivity index (χ0) is 12.4. The fourth-order valence-corrected chi connectivity index (χ4v) is 2.92. The van der Waals surface area contributed by atoms with Crippen LogP contribution < -0.4 is 10.6 Å². The monoisotopic (exact) mass is 248 g/mol. The Balaban J connectivity index is 1.83. The van der Waals surface area contributed by atoms with Crippen molar-refractivity contribution < 1.29 is 9.47 Å². The minimum absolute atomic E-state index is 0.375. The van der Waals surface area contributed by atoms with E-state index in [9.17, 15) is 0 Å². The van der Waals surface area contributed by atoms with Gasteiger partial charge in [0.05, 0.1) is 19.8 Å². The van der Waals surface area contributed by atoms with Crippen molar-refractivity contribution in [1.82, 2.24) is 0 Å². The van der Waals surface area contributed by atoms with E-state index in [1.807, 2.05) is 6.07 Å². The minimum Gasteiger partial charge on any atom is -0.366 e. The van der Waals surface area contributed by atoms with Crippen molar-refractivity contribution in [3.63, 3.8) is 0 Å². The number of ether oxygens (including phenoxy) is 2. The van der Waals surface area contributed by atoms with Gasteiger partial charge in [0, 0.05) is 25.2 Å². The molecular formula is C14H20N2O2. The molecule has 0 amide bonds. The second-order valence-electron chi connectivity index (χ2n) is 4.97. The van der Waals surface area contributed by atoms with Gasteiger partial charge in [0.25, 0.3) is 0 Å². The van der Waals surface area contributed by atoms with E-state index in [0.29, 0.717) is 19.8 Å². The fraction of sp³-hybridized carbons (Fsp3) is 0.571. The van der Waals surface area contributed by atoms with Gasteiger partial charge < -0.3 is 20.1 Å². The van der Waals surface area contributed by atoms with E-state index < -0.39 is 0 Å². The van der Waals surface area contributed by atoms with Crippen LogP contribution in [0.15, 0.2) is 24.3 Å². The third-order valence-electron chi connectivity index (χ3n) is 3.78. The zero-order valence-corrected chi connectivity index (χ0v) is 10.6. The summed E-state index contributed by atoms with van der Waals surface area (Å²) in [6.07, 6.45) is 2.09. The normalized spacial score (nSPS) is 22.6. The Labute approximate surface area is 108 Å². The number of nitrogens with zero attached hydrogens (tertiary/aromatic N) is 1. The second kappa shape index (κ2) is 4.88. The van der Waals surface area contributed by atoms with E-state index >= 15 is 0 Å². The number of para-hydroxylation sites is 1. The van der Waals surface area contributed by atoms with E-state index in [2.05, 4.69) is 23.1 Å². The third-order valence-corrected chi connectivity index (χ3v) is 3.78. The van der Waals surface area contributed by atoms with Crippen molar-refractivity contribution in [2.75, 3.05) is 31.2 Å². The van der Waals surface area contributed by atoms with Gasteiger partial charge in [-0.2, -0.15) is 0 Å². The zero-order valence-electron chi connectivity index (χ0n) is 10.6. The van der Waals surface area contributed by atoms with Crippen molar-refractivity contribution in [3.05, 3.63) is 29.8 Å². The molecule has 1 spiro atoms. The molecule has 0 aliphatic carbocycles.